The molecule has 1 aromatic carbocycles. The van der Waals surface area contributed by atoms with E-state index in [2.05, 4.69) is 4.98 Å². The topological polar surface area (TPSA) is 68.7 Å². The van der Waals surface area contributed by atoms with Gasteiger partial charge in [-0.2, -0.15) is 0 Å². The van der Waals surface area contributed by atoms with Gasteiger partial charge in [-0.3, -0.25) is 0 Å². The predicted molar refractivity (Wildman–Crippen MR) is 79.3 cm³/mol. The molecule has 0 bridgehead atoms. The zero-order chi connectivity index (χ0) is 15.1. The van der Waals surface area contributed by atoms with Crippen LogP contribution in [0, 0.1) is 0 Å². The number of thiazole rings is 1. The van der Waals surface area contributed by atoms with E-state index in [1.807, 2.05) is 30.3 Å². The summed E-state index contributed by atoms with van der Waals surface area (Å²) < 4.78 is 10.4. The molecule has 0 unspecified atom stereocenters. The molecule has 0 saturated heterocycles. The fourth-order valence-electron chi connectivity index (χ4n) is 1.71. The average Bonchev–Trinajstić information content (AvgIpc) is 2.93. The molecule has 2 aromatic rings. The van der Waals surface area contributed by atoms with E-state index < -0.39 is 5.97 Å². The molecule has 0 atom stereocenters. The molecular weight excluding hydrogens is 290 g/mol. The summed E-state index contributed by atoms with van der Waals surface area (Å²) in [5.41, 5.74) is 2.61. The van der Waals surface area contributed by atoms with Crippen molar-refractivity contribution in [1.29, 1.82) is 0 Å². The SMILES string of the molecule is COC=C(Cc1scnc1COc1ccccc1)C(=O)O. The number of hydrogen-bond donors (Lipinski definition) is 1. The maximum absolute atomic E-state index is 11.1. The number of carboxylic acid groups (broad SMARTS) is 1. The predicted octanol–water partition coefficient (Wildman–Crippen LogP) is 2.88. The minimum atomic E-state index is -1.000. The van der Waals surface area contributed by atoms with Crippen LogP contribution in [-0.2, 0) is 22.6 Å². The number of carbonyl (C=O) groups is 1. The summed E-state index contributed by atoms with van der Waals surface area (Å²) in [6.07, 6.45) is 1.51. The Kier molecular flexibility index (Phi) is 5.34. The summed E-state index contributed by atoms with van der Waals surface area (Å²) >= 11 is 1.41. The van der Waals surface area contributed by atoms with E-state index in [9.17, 15) is 4.79 Å². The Morgan fingerprint density at radius 3 is 2.81 bits per heavy atom. The van der Waals surface area contributed by atoms with E-state index in [1.54, 1.807) is 5.51 Å². The van der Waals surface area contributed by atoms with Gasteiger partial charge >= 0.3 is 5.97 Å². The smallest absolute Gasteiger partial charge is 0.335 e. The van der Waals surface area contributed by atoms with Crippen molar-refractivity contribution < 1.29 is 19.4 Å². The van der Waals surface area contributed by atoms with Crippen molar-refractivity contribution in [3.8, 4) is 5.75 Å². The molecule has 6 heteroatoms. The highest BCUT2D eigenvalue weighted by Gasteiger charge is 2.14. The van der Waals surface area contributed by atoms with Gasteiger partial charge in [0.15, 0.2) is 0 Å². The highest BCUT2D eigenvalue weighted by atomic mass is 32.1. The van der Waals surface area contributed by atoms with Gasteiger partial charge in [-0.1, -0.05) is 18.2 Å². The summed E-state index contributed by atoms with van der Waals surface area (Å²) in [6, 6.07) is 9.41. The van der Waals surface area contributed by atoms with Gasteiger partial charge in [0.2, 0.25) is 0 Å². The van der Waals surface area contributed by atoms with Gasteiger partial charge in [0.25, 0.3) is 0 Å². The van der Waals surface area contributed by atoms with Gasteiger partial charge in [-0.05, 0) is 12.1 Å². The molecule has 1 N–H and O–H groups in total. The van der Waals surface area contributed by atoms with Crippen LogP contribution in [0.1, 0.15) is 10.6 Å². The lowest BCUT2D eigenvalue weighted by molar-refractivity contribution is -0.132. The molecular formula is C15H15NO4S. The third-order valence-corrected chi connectivity index (χ3v) is 3.61. The monoisotopic (exact) mass is 305 g/mol. The lowest BCUT2D eigenvalue weighted by atomic mass is 10.1. The number of aromatic nitrogens is 1. The van der Waals surface area contributed by atoms with E-state index in [0.717, 1.165) is 16.3 Å². The van der Waals surface area contributed by atoms with E-state index in [-0.39, 0.29) is 12.0 Å². The summed E-state index contributed by atoms with van der Waals surface area (Å²) in [5.74, 6) is -0.248. The molecule has 0 aliphatic rings. The van der Waals surface area contributed by atoms with E-state index in [4.69, 9.17) is 14.6 Å². The van der Waals surface area contributed by atoms with Crippen LogP contribution in [-0.4, -0.2) is 23.2 Å². The molecule has 2 rings (SSSR count). The Morgan fingerprint density at radius 1 is 1.38 bits per heavy atom. The quantitative estimate of drug-likeness (QED) is 0.629. The molecule has 0 spiro atoms. The summed E-state index contributed by atoms with van der Waals surface area (Å²) in [5, 5.41) is 9.11. The van der Waals surface area contributed by atoms with Crippen molar-refractivity contribution in [2.45, 2.75) is 13.0 Å². The van der Waals surface area contributed by atoms with Crippen LogP contribution in [0.5, 0.6) is 5.75 Å². The van der Waals surface area contributed by atoms with Crippen LogP contribution in [0.2, 0.25) is 0 Å². The first-order chi connectivity index (χ1) is 10.2. The maximum Gasteiger partial charge on any atom is 0.335 e. The van der Waals surface area contributed by atoms with Gasteiger partial charge in [0, 0.05) is 11.3 Å². The van der Waals surface area contributed by atoms with Gasteiger partial charge in [-0.25, -0.2) is 9.78 Å². The maximum atomic E-state index is 11.1. The molecule has 5 nitrogen and oxygen atoms in total. The lowest BCUT2D eigenvalue weighted by Crippen LogP contribution is -2.06. The molecule has 0 aliphatic carbocycles. The second kappa shape index (κ2) is 7.44. The first-order valence-corrected chi connectivity index (χ1v) is 7.13. The highest BCUT2D eigenvalue weighted by molar-refractivity contribution is 7.09. The second-order valence-electron chi connectivity index (χ2n) is 4.18. The first-order valence-electron chi connectivity index (χ1n) is 6.25. The minimum Gasteiger partial charge on any atom is -0.504 e. The van der Waals surface area contributed by atoms with E-state index >= 15 is 0 Å². The first kappa shape index (κ1) is 15.1. The third-order valence-electron chi connectivity index (χ3n) is 2.73. The van der Waals surface area contributed by atoms with Gasteiger partial charge in [-0.15, -0.1) is 11.3 Å². The van der Waals surface area contributed by atoms with Gasteiger partial charge in [0.1, 0.15) is 12.4 Å². The van der Waals surface area contributed by atoms with Crippen molar-refractivity contribution >= 4 is 17.3 Å². The Bertz CT molecular complexity index is 622. The third kappa shape index (κ3) is 4.32. The molecule has 0 radical (unpaired) electrons. The van der Waals surface area contributed by atoms with Crippen molar-refractivity contribution in [2.24, 2.45) is 0 Å². The van der Waals surface area contributed by atoms with E-state index in [1.165, 1.54) is 24.7 Å². The van der Waals surface area contributed by atoms with Crippen LogP contribution in [0.3, 0.4) is 0 Å². The van der Waals surface area contributed by atoms with Crippen LogP contribution in [0.25, 0.3) is 0 Å². The fourth-order valence-corrected chi connectivity index (χ4v) is 2.50. The average molecular weight is 305 g/mol. The lowest BCUT2D eigenvalue weighted by Gasteiger charge is -2.06. The van der Waals surface area contributed by atoms with E-state index in [0.29, 0.717) is 6.61 Å². The molecule has 0 amide bonds. The number of benzene rings is 1. The van der Waals surface area contributed by atoms with Crippen molar-refractivity contribution in [3.63, 3.8) is 0 Å². The number of rotatable bonds is 7. The molecule has 110 valence electrons. The molecule has 0 aliphatic heterocycles. The Labute approximate surface area is 126 Å². The van der Waals surface area contributed by atoms with Crippen molar-refractivity contribution in [2.75, 3.05) is 7.11 Å². The van der Waals surface area contributed by atoms with Crippen LogP contribution >= 0.6 is 11.3 Å². The van der Waals surface area contributed by atoms with Crippen LogP contribution in [0.4, 0.5) is 0 Å². The molecule has 0 fully saturated rings. The van der Waals surface area contributed by atoms with Crippen LogP contribution in [0.15, 0.2) is 47.7 Å². The Hall–Kier alpha value is -2.34. The Morgan fingerprint density at radius 2 is 2.14 bits per heavy atom. The number of aliphatic carboxylic acids is 1. The molecule has 1 heterocycles. The summed E-state index contributed by atoms with van der Waals surface area (Å²) in [7, 11) is 1.43. The summed E-state index contributed by atoms with van der Waals surface area (Å²) in [4.78, 5) is 16.2. The number of ether oxygens (including phenoxy) is 2. The number of methoxy groups -OCH3 is 1. The second-order valence-corrected chi connectivity index (χ2v) is 5.12. The molecule has 1 aromatic heterocycles. The number of nitrogens with zero attached hydrogens (tertiary/aromatic N) is 1. The van der Waals surface area contributed by atoms with Crippen molar-refractivity contribution in [1.82, 2.24) is 4.98 Å². The zero-order valence-electron chi connectivity index (χ0n) is 11.5. The number of carboxylic acids is 1. The van der Waals surface area contributed by atoms with Crippen molar-refractivity contribution in [3.05, 3.63) is 58.2 Å². The largest absolute Gasteiger partial charge is 0.504 e. The zero-order valence-corrected chi connectivity index (χ0v) is 12.3. The molecule has 0 saturated carbocycles. The highest BCUT2D eigenvalue weighted by Crippen LogP contribution is 2.20. The van der Waals surface area contributed by atoms with Crippen LogP contribution < -0.4 is 4.74 Å². The molecule has 21 heavy (non-hydrogen) atoms. The number of hydrogen-bond acceptors (Lipinski definition) is 5. The fraction of sp³-hybridized carbons (Fsp3) is 0.200. The standard InChI is InChI=1S/C15H15NO4S/c1-19-8-11(15(17)18)7-14-13(16-10-21-14)9-20-12-5-3-2-4-6-12/h2-6,8,10H,7,9H2,1H3,(H,17,18). The van der Waals surface area contributed by atoms with Gasteiger partial charge < -0.3 is 14.6 Å². The normalized spacial score (nSPS) is 11.2. The van der Waals surface area contributed by atoms with Gasteiger partial charge in [0.05, 0.1) is 30.1 Å². The summed E-state index contributed by atoms with van der Waals surface area (Å²) in [6.45, 7) is 0.308. The number of para-hydroxylation sites is 1. The Balaban J connectivity index is 2.05. The minimum absolute atomic E-state index is 0.183.